The molecule has 0 spiro atoms. The number of allylic oxidation sites excluding steroid dienone is 3. The van der Waals surface area contributed by atoms with E-state index in [0.717, 1.165) is 39.6 Å². The van der Waals surface area contributed by atoms with Crippen molar-refractivity contribution in [2.24, 2.45) is 0 Å². The van der Waals surface area contributed by atoms with Crippen LogP contribution < -0.4 is 0 Å². The monoisotopic (exact) mass is 360 g/mol. The maximum atomic E-state index is 11.6. The average molecular weight is 361 g/mol. The Balaban J connectivity index is 2.58. The highest BCUT2D eigenvalue weighted by molar-refractivity contribution is 7.90. The Morgan fingerprint density at radius 1 is 1.33 bits per heavy atom. The van der Waals surface area contributed by atoms with Crippen LogP contribution in [0.3, 0.4) is 0 Å². The van der Waals surface area contributed by atoms with Crippen molar-refractivity contribution in [1.29, 1.82) is 0 Å². The molecule has 0 unspecified atom stereocenters. The van der Waals surface area contributed by atoms with Gasteiger partial charge in [-0.05, 0) is 25.5 Å². The van der Waals surface area contributed by atoms with Crippen LogP contribution in [0.2, 0.25) is 0 Å². The number of nitrogens with one attached hydrogen (secondary N) is 1. The predicted molar refractivity (Wildman–Crippen MR) is 103 cm³/mol. The van der Waals surface area contributed by atoms with Crippen LogP contribution in [0.5, 0.6) is 0 Å². The summed E-state index contributed by atoms with van der Waals surface area (Å²) in [5.74, 6) is 0.765. The van der Waals surface area contributed by atoms with Crippen LogP contribution in [0.4, 0.5) is 0 Å². The maximum absolute atomic E-state index is 11.6. The van der Waals surface area contributed by atoms with Crippen LogP contribution in [0, 0.1) is 6.92 Å². The average Bonchev–Trinajstić information content (AvgIpc) is 2.92. The molecule has 0 fully saturated rings. The minimum absolute atomic E-state index is 0.283. The number of benzene rings is 1. The fraction of sp³-hybridized carbons (Fsp3) is 0.222. The first-order valence-corrected chi connectivity index (χ1v) is 9.81. The van der Waals surface area contributed by atoms with Gasteiger partial charge < -0.3 is 4.98 Å². The van der Waals surface area contributed by atoms with Gasteiger partial charge in [0.25, 0.3) is 0 Å². The summed E-state index contributed by atoms with van der Waals surface area (Å²) in [5.41, 5.74) is 3.28. The first kappa shape index (κ1) is 18.3. The van der Waals surface area contributed by atoms with Gasteiger partial charge in [0.2, 0.25) is 0 Å². The fourth-order valence-electron chi connectivity index (χ4n) is 2.38. The number of nitrogens with zero attached hydrogens (tertiary/aromatic N) is 1. The molecule has 0 radical (unpaired) electrons. The maximum Gasteiger partial charge on any atom is 0.175 e. The zero-order valence-electron chi connectivity index (χ0n) is 14.0. The molecule has 1 aromatic heterocycles. The number of hydrogen-bond donors (Lipinski definition) is 1. The smallest absolute Gasteiger partial charge is 0.175 e. The van der Waals surface area contributed by atoms with Crippen LogP contribution in [-0.4, -0.2) is 29.5 Å². The van der Waals surface area contributed by atoms with E-state index in [1.54, 1.807) is 30.3 Å². The van der Waals surface area contributed by atoms with E-state index in [2.05, 4.69) is 16.5 Å². The third-order valence-electron chi connectivity index (χ3n) is 3.55. The number of imidazole rings is 1. The molecular weight excluding hydrogens is 340 g/mol. The SMILES string of the molecule is C=C/C=C(\C(=S)CC)c1[nH]c(C)nc1-c1ccc(S(C)(=O)=O)cc1. The van der Waals surface area contributed by atoms with Crippen LogP contribution in [0.25, 0.3) is 16.8 Å². The first-order chi connectivity index (χ1) is 11.3. The molecular formula is C18H20N2O2S2. The summed E-state index contributed by atoms with van der Waals surface area (Å²) in [5, 5.41) is 0. The molecule has 0 amide bonds. The van der Waals surface area contributed by atoms with Gasteiger partial charge in [-0.2, -0.15) is 0 Å². The summed E-state index contributed by atoms with van der Waals surface area (Å²) in [4.78, 5) is 8.90. The Morgan fingerprint density at radius 2 is 1.96 bits per heavy atom. The van der Waals surface area contributed by atoms with Gasteiger partial charge in [0.15, 0.2) is 9.84 Å². The molecule has 4 nitrogen and oxygen atoms in total. The highest BCUT2D eigenvalue weighted by Crippen LogP contribution is 2.29. The lowest BCUT2D eigenvalue weighted by molar-refractivity contribution is 0.602. The Bertz CT molecular complexity index is 905. The van der Waals surface area contributed by atoms with Gasteiger partial charge in [-0.3, -0.25) is 0 Å². The predicted octanol–water partition coefficient (Wildman–Crippen LogP) is 4.14. The molecule has 126 valence electrons. The van der Waals surface area contributed by atoms with Gasteiger partial charge in [-0.15, -0.1) is 0 Å². The lowest BCUT2D eigenvalue weighted by Gasteiger charge is -2.08. The zero-order chi connectivity index (χ0) is 17.9. The Kier molecular flexibility index (Phi) is 5.51. The second kappa shape index (κ2) is 7.23. The van der Waals surface area contributed by atoms with Crippen LogP contribution >= 0.6 is 12.2 Å². The minimum atomic E-state index is -3.22. The largest absolute Gasteiger partial charge is 0.342 e. The van der Waals surface area contributed by atoms with E-state index in [4.69, 9.17) is 12.2 Å². The van der Waals surface area contributed by atoms with Crippen molar-refractivity contribution in [2.45, 2.75) is 25.2 Å². The Hall–Kier alpha value is -2.05. The molecule has 1 N–H and O–H groups in total. The molecule has 0 saturated heterocycles. The lowest BCUT2D eigenvalue weighted by Crippen LogP contribution is -2.00. The molecule has 0 aliphatic rings. The highest BCUT2D eigenvalue weighted by Gasteiger charge is 2.17. The number of sulfone groups is 1. The summed E-state index contributed by atoms with van der Waals surface area (Å²) in [6.45, 7) is 7.63. The van der Waals surface area contributed by atoms with E-state index in [9.17, 15) is 8.42 Å². The molecule has 6 heteroatoms. The molecule has 0 aliphatic carbocycles. The number of aromatic nitrogens is 2. The summed E-state index contributed by atoms with van der Waals surface area (Å²) >= 11 is 5.47. The number of H-pyrrole nitrogens is 1. The normalized spacial score (nSPS) is 12.2. The molecule has 0 atom stereocenters. The standard InChI is InChI=1S/C18H20N2O2S2/c1-5-7-15(16(23)6-2)18-17(19-12(3)20-18)13-8-10-14(11-9-13)24(4,21)22/h5,7-11H,1,6H2,2-4H3,(H,19,20)/b15-7+. The van der Waals surface area contributed by atoms with Crippen molar-refractivity contribution in [3.05, 3.63) is 54.5 Å². The third-order valence-corrected chi connectivity index (χ3v) is 5.19. The van der Waals surface area contributed by atoms with Gasteiger partial charge in [0.05, 0.1) is 16.3 Å². The summed E-state index contributed by atoms with van der Waals surface area (Å²) < 4.78 is 23.2. The van der Waals surface area contributed by atoms with E-state index < -0.39 is 9.84 Å². The fourth-order valence-corrected chi connectivity index (χ4v) is 3.18. The molecule has 2 aromatic rings. The van der Waals surface area contributed by atoms with Gasteiger partial charge in [0.1, 0.15) is 5.82 Å². The third kappa shape index (κ3) is 3.88. The van der Waals surface area contributed by atoms with Gasteiger partial charge in [-0.1, -0.05) is 50.0 Å². The number of rotatable bonds is 6. The minimum Gasteiger partial charge on any atom is -0.342 e. The van der Waals surface area contributed by atoms with Crippen LogP contribution in [0.15, 0.2) is 47.9 Å². The summed E-state index contributed by atoms with van der Waals surface area (Å²) in [6, 6.07) is 6.70. The number of aryl methyl sites for hydroxylation is 1. The van der Waals surface area contributed by atoms with Crippen molar-refractivity contribution in [3.8, 4) is 11.3 Å². The van der Waals surface area contributed by atoms with Crippen LogP contribution in [-0.2, 0) is 9.84 Å². The topological polar surface area (TPSA) is 62.8 Å². The van der Waals surface area contributed by atoms with Crippen molar-refractivity contribution in [3.63, 3.8) is 0 Å². The molecule has 2 rings (SSSR count). The Labute approximate surface area is 148 Å². The summed E-state index contributed by atoms with van der Waals surface area (Å²) in [7, 11) is -3.22. The van der Waals surface area contributed by atoms with Crippen molar-refractivity contribution in [1.82, 2.24) is 9.97 Å². The van der Waals surface area contributed by atoms with Gasteiger partial charge in [-0.25, -0.2) is 13.4 Å². The second-order valence-corrected chi connectivity index (χ2v) is 7.94. The number of thiocarbonyl (C=S) groups is 1. The van der Waals surface area contributed by atoms with Gasteiger partial charge in [0, 0.05) is 22.3 Å². The highest BCUT2D eigenvalue weighted by atomic mass is 32.2. The Morgan fingerprint density at radius 3 is 2.46 bits per heavy atom. The molecule has 1 heterocycles. The molecule has 24 heavy (non-hydrogen) atoms. The van der Waals surface area contributed by atoms with E-state index in [1.165, 1.54) is 6.26 Å². The first-order valence-electron chi connectivity index (χ1n) is 7.51. The van der Waals surface area contributed by atoms with E-state index in [1.807, 2.05) is 19.9 Å². The molecule has 1 aromatic carbocycles. The number of hydrogen-bond acceptors (Lipinski definition) is 4. The molecule has 0 aliphatic heterocycles. The zero-order valence-corrected chi connectivity index (χ0v) is 15.6. The quantitative estimate of drug-likeness (QED) is 0.478. The van der Waals surface area contributed by atoms with E-state index in [-0.39, 0.29) is 4.90 Å². The summed E-state index contributed by atoms with van der Waals surface area (Å²) in [6.07, 6.45) is 5.49. The van der Waals surface area contributed by atoms with Crippen molar-refractivity contribution < 1.29 is 8.42 Å². The molecule has 0 saturated carbocycles. The second-order valence-electron chi connectivity index (χ2n) is 5.44. The van der Waals surface area contributed by atoms with Crippen molar-refractivity contribution in [2.75, 3.05) is 6.26 Å². The number of aromatic amines is 1. The lowest BCUT2D eigenvalue weighted by atomic mass is 10.0. The van der Waals surface area contributed by atoms with E-state index in [0.29, 0.717) is 0 Å². The van der Waals surface area contributed by atoms with Gasteiger partial charge >= 0.3 is 0 Å². The molecule has 0 bridgehead atoms. The van der Waals surface area contributed by atoms with Crippen LogP contribution in [0.1, 0.15) is 24.9 Å². The van der Waals surface area contributed by atoms with E-state index >= 15 is 0 Å². The van der Waals surface area contributed by atoms with Crippen molar-refractivity contribution >= 4 is 32.5 Å².